The molecule has 0 N–H and O–H groups in total. The summed E-state index contributed by atoms with van der Waals surface area (Å²) in [6.07, 6.45) is 8.91. The predicted molar refractivity (Wildman–Crippen MR) is 64.1 cm³/mol. The highest BCUT2D eigenvalue weighted by Crippen LogP contribution is 2.16. The van der Waals surface area contributed by atoms with Crippen LogP contribution in [0.3, 0.4) is 0 Å². The van der Waals surface area contributed by atoms with Crippen LogP contribution in [0.5, 0.6) is 0 Å². The lowest BCUT2D eigenvalue weighted by Crippen LogP contribution is -1.80. The Balaban J connectivity index is 2.89. The SMILES string of the molecule is C/C=C\C(=C/CCC)c1ccccc1. The maximum absolute atomic E-state index is 2.30. The highest BCUT2D eigenvalue weighted by Gasteiger charge is 1.94. The van der Waals surface area contributed by atoms with Gasteiger partial charge >= 0.3 is 0 Å². The molecule has 0 bridgehead atoms. The van der Waals surface area contributed by atoms with Gasteiger partial charge in [0.15, 0.2) is 0 Å². The molecule has 0 aliphatic carbocycles. The van der Waals surface area contributed by atoms with E-state index < -0.39 is 0 Å². The Labute approximate surface area is 87.0 Å². The van der Waals surface area contributed by atoms with Gasteiger partial charge in [0.1, 0.15) is 0 Å². The highest BCUT2D eigenvalue weighted by atomic mass is 14.0. The van der Waals surface area contributed by atoms with Crippen molar-refractivity contribution >= 4 is 5.57 Å². The van der Waals surface area contributed by atoms with Crippen LogP contribution in [0.15, 0.2) is 48.6 Å². The minimum absolute atomic E-state index is 1.15. The summed E-state index contributed by atoms with van der Waals surface area (Å²) in [4.78, 5) is 0. The van der Waals surface area contributed by atoms with E-state index in [0.717, 1.165) is 6.42 Å². The van der Waals surface area contributed by atoms with Crippen molar-refractivity contribution in [2.75, 3.05) is 0 Å². The van der Waals surface area contributed by atoms with Crippen LogP contribution in [-0.4, -0.2) is 0 Å². The summed E-state index contributed by atoms with van der Waals surface area (Å²) in [5.74, 6) is 0. The van der Waals surface area contributed by atoms with Gasteiger partial charge in [0, 0.05) is 0 Å². The third kappa shape index (κ3) is 3.21. The quantitative estimate of drug-likeness (QED) is 0.609. The molecular weight excluding hydrogens is 168 g/mol. The molecule has 0 heterocycles. The van der Waals surface area contributed by atoms with E-state index in [9.17, 15) is 0 Å². The van der Waals surface area contributed by atoms with Crippen molar-refractivity contribution in [2.45, 2.75) is 26.7 Å². The molecule has 0 saturated carbocycles. The van der Waals surface area contributed by atoms with Crippen LogP contribution in [0.1, 0.15) is 32.3 Å². The van der Waals surface area contributed by atoms with E-state index >= 15 is 0 Å². The first-order valence-corrected chi connectivity index (χ1v) is 5.26. The van der Waals surface area contributed by atoms with Gasteiger partial charge in [-0.25, -0.2) is 0 Å². The fourth-order valence-corrected chi connectivity index (χ4v) is 1.39. The monoisotopic (exact) mass is 186 g/mol. The Morgan fingerprint density at radius 2 is 1.93 bits per heavy atom. The van der Waals surface area contributed by atoms with Crippen molar-refractivity contribution in [2.24, 2.45) is 0 Å². The number of benzene rings is 1. The van der Waals surface area contributed by atoms with Crippen LogP contribution >= 0.6 is 0 Å². The van der Waals surface area contributed by atoms with Gasteiger partial charge in [-0.2, -0.15) is 0 Å². The predicted octanol–water partition coefficient (Wildman–Crippen LogP) is 4.45. The Morgan fingerprint density at radius 3 is 2.50 bits per heavy atom. The molecule has 0 spiro atoms. The first-order valence-electron chi connectivity index (χ1n) is 5.26. The average Bonchev–Trinajstić information content (AvgIpc) is 2.25. The van der Waals surface area contributed by atoms with E-state index in [1.165, 1.54) is 17.6 Å². The molecule has 0 aromatic heterocycles. The molecule has 0 fully saturated rings. The second-order valence-electron chi connectivity index (χ2n) is 3.31. The molecule has 0 atom stereocenters. The molecule has 0 amide bonds. The lowest BCUT2D eigenvalue weighted by Gasteiger charge is -2.01. The Hall–Kier alpha value is -1.30. The topological polar surface area (TPSA) is 0 Å². The zero-order valence-electron chi connectivity index (χ0n) is 9.03. The van der Waals surface area contributed by atoms with E-state index in [0.29, 0.717) is 0 Å². The number of unbranched alkanes of at least 4 members (excludes halogenated alkanes) is 1. The molecule has 74 valence electrons. The largest absolute Gasteiger partial charge is 0.0871 e. The van der Waals surface area contributed by atoms with E-state index in [1.54, 1.807) is 0 Å². The van der Waals surface area contributed by atoms with E-state index in [2.05, 4.69) is 62.4 Å². The van der Waals surface area contributed by atoms with Crippen LogP contribution in [0, 0.1) is 0 Å². The summed E-state index contributed by atoms with van der Waals surface area (Å²) in [6, 6.07) is 10.5. The number of rotatable bonds is 4. The number of hydrogen-bond donors (Lipinski definition) is 0. The third-order valence-electron chi connectivity index (χ3n) is 2.11. The van der Waals surface area contributed by atoms with Crippen LogP contribution < -0.4 is 0 Å². The highest BCUT2D eigenvalue weighted by molar-refractivity contribution is 5.73. The van der Waals surface area contributed by atoms with Crippen LogP contribution in [-0.2, 0) is 0 Å². The zero-order valence-corrected chi connectivity index (χ0v) is 9.03. The lowest BCUT2D eigenvalue weighted by atomic mass is 10.0. The second-order valence-corrected chi connectivity index (χ2v) is 3.31. The Morgan fingerprint density at radius 1 is 1.21 bits per heavy atom. The van der Waals surface area contributed by atoms with Crippen molar-refractivity contribution in [3.63, 3.8) is 0 Å². The van der Waals surface area contributed by atoms with Crippen LogP contribution in [0.25, 0.3) is 5.57 Å². The first kappa shape index (κ1) is 10.8. The van der Waals surface area contributed by atoms with Crippen molar-refractivity contribution in [1.29, 1.82) is 0 Å². The molecule has 0 heteroatoms. The van der Waals surface area contributed by atoms with Gasteiger partial charge in [0.2, 0.25) is 0 Å². The zero-order chi connectivity index (χ0) is 10.2. The first-order chi connectivity index (χ1) is 6.88. The summed E-state index contributed by atoms with van der Waals surface area (Å²) in [7, 11) is 0. The molecule has 0 radical (unpaired) electrons. The summed E-state index contributed by atoms with van der Waals surface area (Å²) in [6.45, 7) is 4.26. The molecule has 1 rings (SSSR count). The molecule has 14 heavy (non-hydrogen) atoms. The number of hydrogen-bond acceptors (Lipinski definition) is 0. The average molecular weight is 186 g/mol. The summed E-state index contributed by atoms with van der Waals surface area (Å²) < 4.78 is 0. The Bertz CT molecular complexity index is 304. The van der Waals surface area contributed by atoms with Gasteiger partial charge < -0.3 is 0 Å². The minimum atomic E-state index is 1.15. The van der Waals surface area contributed by atoms with Gasteiger partial charge in [-0.15, -0.1) is 0 Å². The minimum Gasteiger partial charge on any atom is -0.0871 e. The summed E-state index contributed by atoms with van der Waals surface area (Å²) in [5.41, 5.74) is 2.63. The Kier molecular flexibility index (Phi) is 4.77. The van der Waals surface area contributed by atoms with E-state index in [1.807, 2.05) is 0 Å². The fourth-order valence-electron chi connectivity index (χ4n) is 1.39. The van der Waals surface area contributed by atoms with Crippen LogP contribution in [0.2, 0.25) is 0 Å². The number of allylic oxidation sites excluding steroid dienone is 4. The normalized spacial score (nSPS) is 12.3. The van der Waals surface area contributed by atoms with Crippen molar-refractivity contribution in [3.8, 4) is 0 Å². The van der Waals surface area contributed by atoms with Gasteiger partial charge in [-0.3, -0.25) is 0 Å². The van der Waals surface area contributed by atoms with Gasteiger partial charge in [0.05, 0.1) is 0 Å². The van der Waals surface area contributed by atoms with Crippen molar-refractivity contribution in [1.82, 2.24) is 0 Å². The van der Waals surface area contributed by atoms with Gasteiger partial charge in [0.25, 0.3) is 0 Å². The maximum Gasteiger partial charge on any atom is -0.0187 e. The summed E-state index contributed by atoms with van der Waals surface area (Å²) in [5, 5.41) is 0. The summed E-state index contributed by atoms with van der Waals surface area (Å²) >= 11 is 0. The maximum atomic E-state index is 2.30. The standard InChI is InChI=1S/C14H18/c1-3-5-10-13(9-4-2)14-11-7-6-8-12-14/h4,6-12H,3,5H2,1-2H3/b9-4-,13-10+. The molecule has 1 aromatic rings. The van der Waals surface area contributed by atoms with Crippen LogP contribution in [0.4, 0.5) is 0 Å². The molecular formula is C14H18. The molecule has 0 aliphatic heterocycles. The van der Waals surface area contributed by atoms with E-state index in [4.69, 9.17) is 0 Å². The molecule has 1 aromatic carbocycles. The molecule has 0 nitrogen and oxygen atoms in total. The smallest absolute Gasteiger partial charge is 0.0187 e. The van der Waals surface area contributed by atoms with Gasteiger partial charge in [-0.05, 0) is 24.5 Å². The molecule has 0 saturated heterocycles. The lowest BCUT2D eigenvalue weighted by molar-refractivity contribution is 0.960. The fraction of sp³-hybridized carbons (Fsp3) is 0.286. The molecule has 0 unspecified atom stereocenters. The third-order valence-corrected chi connectivity index (χ3v) is 2.11. The van der Waals surface area contributed by atoms with Crippen molar-refractivity contribution < 1.29 is 0 Å². The van der Waals surface area contributed by atoms with Crippen molar-refractivity contribution in [3.05, 3.63) is 54.1 Å². The molecule has 0 aliphatic rings. The van der Waals surface area contributed by atoms with Gasteiger partial charge in [-0.1, -0.05) is 61.9 Å². The van der Waals surface area contributed by atoms with E-state index in [-0.39, 0.29) is 0 Å². The second kappa shape index (κ2) is 6.20.